The van der Waals surface area contributed by atoms with Crippen LogP contribution in [0.25, 0.3) is 0 Å². The Bertz CT molecular complexity index is 230. The molecule has 0 amide bonds. The van der Waals surface area contributed by atoms with Crippen LogP contribution in [0.1, 0.15) is 76.2 Å². The summed E-state index contributed by atoms with van der Waals surface area (Å²) in [5.41, 5.74) is 0. The average Bonchev–Trinajstić information content (AvgIpc) is 2.74. The molecule has 1 aliphatic rings. The smallest absolute Gasteiger partial charge is 0.197 e. The van der Waals surface area contributed by atoms with E-state index in [1.165, 1.54) is 54.9 Å². The zero-order valence-corrected chi connectivity index (χ0v) is 29.3. The van der Waals surface area contributed by atoms with Crippen molar-refractivity contribution in [3.05, 3.63) is 0 Å². The maximum atomic E-state index is 9.00. The Kier molecular flexibility index (Phi) is 34.3. The van der Waals surface area contributed by atoms with Crippen LogP contribution in [0.3, 0.4) is 0 Å². The molecule has 3 nitrogen and oxygen atoms in total. The minimum absolute atomic E-state index is 0. The van der Waals surface area contributed by atoms with Gasteiger partial charge in [0.1, 0.15) is 0 Å². The number of rotatable bonds is 0. The third-order valence-electron chi connectivity index (χ3n) is 0.500. The van der Waals surface area contributed by atoms with Gasteiger partial charge in [0.2, 0.25) is 0 Å². The second-order valence-electron chi connectivity index (χ2n) is 9.34. The molecule has 0 radical (unpaired) electrons. The van der Waals surface area contributed by atoms with Gasteiger partial charge in [0.05, 0.1) is 12.7 Å². The van der Waals surface area contributed by atoms with E-state index in [1.807, 2.05) is 0 Å². The molecule has 142 valence electrons. The van der Waals surface area contributed by atoms with Crippen molar-refractivity contribution < 1.29 is 69.5 Å². The van der Waals surface area contributed by atoms with Gasteiger partial charge in [-0.1, -0.05) is 0 Å². The molecule has 1 atom stereocenters. The molecule has 0 aromatic heterocycles. The van der Waals surface area contributed by atoms with Gasteiger partial charge in [-0.25, -0.2) is 0 Å². The van der Waals surface area contributed by atoms with Crippen molar-refractivity contribution in [2.45, 2.75) is 94.3 Å². The quantitative estimate of drug-likeness (QED) is 0.303. The van der Waals surface area contributed by atoms with E-state index in [1.54, 1.807) is 0 Å². The summed E-state index contributed by atoms with van der Waals surface area (Å²) in [5.74, 6) is -0.833. The van der Waals surface area contributed by atoms with Crippen LogP contribution in [0.15, 0.2) is 0 Å². The zero-order valence-electron chi connectivity index (χ0n) is 18.6. The number of hydrogen-bond donors (Lipinski definition) is 1. The molecule has 1 unspecified atom stereocenters. The van der Waals surface area contributed by atoms with Crippen LogP contribution in [-0.4, -0.2) is 23.8 Å². The summed E-state index contributed by atoms with van der Waals surface area (Å²) >= 11 is 4.19. The topological polar surface area (TPSA) is 49.8 Å². The molecule has 0 aromatic carbocycles. The van der Waals surface area contributed by atoms with Gasteiger partial charge in [-0.3, -0.25) is 4.79 Å². The SMILES string of the molecule is CC(=O)O.CC1CO1.C[C](C)(C)[Zn+].C[C](C)(C)[Zn+].C[C](C)(C)[Zn+].S.[S-2]. The third-order valence-corrected chi connectivity index (χ3v) is 0.500. The number of aliphatic carboxylic acids is 1. The van der Waals surface area contributed by atoms with E-state index in [0.29, 0.717) is 18.1 Å². The Labute approximate surface area is 201 Å². The van der Waals surface area contributed by atoms with E-state index in [2.05, 4.69) is 69.2 Å². The number of hydrogen-bond acceptors (Lipinski definition) is 2. The molecule has 0 aliphatic carbocycles. The van der Waals surface area contributed by atoms with Gasteiger partial charge in [0.25, 0.3) is 5.97 Å². The van der Waals surface area contributed by atoms with E-state index in [0.717, 1.165) is 13.5 Å². The molecule has 0 spiro atoms. The first-order valence-corrected chi connectivity index (χ1v) is 12.4. The predicted octanol–water partition coefficient (Wildman–Crippen LogP) is 5.86. The maximum absolute atomic E-state index is 9.00. The summed E-state index contributed by atoms with van der Waals surface area (Å²) in [6.07, 6.45) is 0.583. The first kappa shape index (κ1) is 41.4. The van der Waals surface area contributed by atoms with Crippen molar-refractivity contribution >= 4 is 33.0 Å². The van der Waals surface area contributed by atoms with Crippen LogP contribution in [0.4, 0.5) is 0 Å². The molecule has 25 heavy (non-hydrogen) atoms. The summed E-state index contributed by atoms with van der Waals surface area (Å²) in [5, 5.41) is 7.42. The summed E-state index contributed by atoms with van der Waals surface area (Å²) in [7, 11) is 0. The zero-order chi connectivity index (χ0) is 20.1. The Balaban J connectivity index is -0.0000000443. The Hall–Kier alpha value is 2.00. The van der Waals surface area contributed by atoms with Gasteiger partial charge < -0.3 is 23.3 Å². The van der Waals surface area contributed by atoms with Crippen LogP contribution in [-0.2, 0) is 77.9 Å². The Morgan fingerprint density at radius 1 is 0.880 bits per heavy atom. The van der Waals surface area contributed by atoms with E-state index >= 15 is 0 Å². The summed E-state index contributed by atoms with van der Waals surface area (Å²) in [6, 6.07) is 0. The van der Waals surface area contributed by atoms with Gasteiger partial charge in [0, 0.05) is 6.92 Å². The largest absolute Gasteiger partial charge is 2.00 e. The van der Waals surface area contributed by atoms with Crippen molar-refractivity contribution in [3.63, 3.8) is 0 Å². The van der Waals surface area contributed by atoms with Crippen LogP contribution in [0, 0.1) is 0 Å². The second kappa shape index (κ2) is 20.7. The average molecular weight is 552 g/mol. The monoisotopic (exact) mass is 547 g/mol. The van der Waals surface area contributed by atoms with Crippen molar-refractivity contribution in [1.29, 1.82) is 0 Å². The summed E-state index contributed by atoms with van der Waals surface area (Å²) < 4.78 is 6.58. The third kappa shape index (κ3) is 599. The molecule has 1 fully saturated rings. The fraction of sp³-hybridized carbons (Fsp3) is 0.941. The first-order chi connectivity index (χ1) is 9.63. The first-order valence-electron chi connectivity index (χ1n) is 8.00. The summed E-state index contributed by atoms with van der Waals surface area (Å²) in [6.45, 7) is 24.3. The second-order valence-corrected chi connectivity index (χ2v) is 22.7. The van der Waals surface area contributed by atoms with Gasteiger partial charge >= 0.3 is 129 Å². The molecule has 8 heteroatoms. The predicted molar refractivity (Wildman–Crippen MR) is 106 cm³/mol. The Morgan fingerprint density at radius 3 is 0.920 bits per heavy atom. The molecule has 1 aliphatic heterocycles. The molecular weight excluding hydrogens is 512 g/mol. The fourth-order valence-electron chi connectivity index (χ4n) is 0.0962. The molecule has 1 rings (SSSR count). The van der Waals surface area contributed by atoms with Crippen LogP contribution >= 0.6 is 13.5 Å². The maximum Gasteiger partial charge on any atom is -0.197 e. The van der Waals surface area contributed by atoms with Crippen LogP contribution in [0.5, 0.6) is 0 Å². The van der Waals surface area contributed by atoms with Gasteiger partial charge in [-0.15, -0.1) is 0 Å². The number of ether oxygens (including phenoxy) is 1. The van der Waals surface area contributed by atoms with E-state index < -0.39 is 5.97 Å². The van der Waals surface area contributed by atoms with Gasteiger partial charge in [0.15, 0.2) is 0 Å². The van der Waals surface area contributed by atoms with Crippen molar-refractivity contribution in [2.24, 2.45) is 0 Å². The normalized spacial score (nSPS) is 14.7. The van der Waals surface area contributed by atoms with Crippen molar-refractivity contribution in [2.75, 3.05) is 6.61 Å². The number of carboxylic acid groups (broad SMARTS) is 1. The Morgan fingerprint density at radius 2 is 0.920 bits per heavy atom. The van der Waals surface area contributed by atoms with Crippen molar-refractivity contribution in [3.8, 4) is 0 Å². The van der Waals surface area contributed by atoms with E-state index in [4.69, 9.17) is 14.6 Å². The molecule has 0 aromatic rings. The van der Waals surface area contributed by atoms with Crippen molar-refractivity contribution in [1.82, 2.24) is 0 Å². The molecule has 1 heterocycles. The van der Waals surface area contributed by atoms with Crippen LogP contribution in [0.2, 0.25) is 12.0 Å². The van der Waals surface area contributed by atoms with Crippen LogP contribution < -0.4 is 0 Å². The molecule has 0 bridgehead atoms. The molecule has 0 saturated carbocycles. The molecule has 1 saturated heterocycles. The summed E-state index contributed by atoms with van der Waals surface area (Å²) in [4.78, 5) is 9.00. The standard InChI is InChI=1S/3C4H9.C3H6O.C2H4O2.H2S.S.3Zn/c3*1-4(2)3;1-3-2-4-3;1-2(3)4;;;;;/h3*1-3H3;3H,2H2,1H3;1H3,(H,3,4);1H2;;;;/q;;;;;;-2;3*+1. The number of carbonyl (C=O) groups is 1. The number of epoxide rings is 1. The fourth-order valence-corrected chi connectivity index (χ4v) is 0.0962. The van der Waals surface area contributed by atoms with Gasteiger partial charge in [-0.2, -0.15) is 13.5 Å². The van der Waals surface area contributed by atoms with E-state index in [-0.39, 0.29) is 27.0 Å². The number of carboxylic acids is 1. The minimum Gasteiger partial charge on any atom is -2.00 e. The molecular formula is C17H39O3S2Zn3+. The van der Waals surface area contributed by atoms with Gasteiger partial charge in [-0.05, 0) is 6.92 Å². The molecule has 1 N–H and O–H groups in total. The minimum atomic E-state index is -0.833. The van der Waals surface area contributed by atoms with E-state index in [9.17, 15) is 0 Å².